The van der Waals surface area contributed by atoms with Crippen molar-refractivity contribution in [3.05, 3.63) is 53.3 Å². The first-order valence-corrected chi connectivity index (χ1v) is 11.1. The van der Waals surface area contributed by atoms with Crippen molar-refractivity contribution in [1.82, 2.24) is 10.5 Å². The van der Waals surface area contributed by atoms with Crippen molar-refractivity contribution < 1.29 is 13.8 Å². The fourth-order valence-electron chi connectivity index (χ4n) is 2.81. The van der Waals surface area contributed by atoms with E-state index < -0.39 is 16.9 Å². The van der Waals surface area contributed by atoms with Crippen LogP contribution in [0, 0.1) is 5.92 Å². The van der Waals surface area contributed by atoms with Gasteiger partial charge in [0.25, 0.3) is 5.91 Å². The molecule has 0 radical (unpaired) electrons. The smallest absolute Gasteiger partial charge is 0.278 e. The summed E-state index contributed by atoms with van der Waals surface area (Å²) in [6, 6.07) is 6.90. The first kappa shape index (κ1) is 22.1. The second-order valence-corrected chi connectivity index (χ2v) is 8.71. The standard InChI is InChI=1S/C20H24ClN5O3S/c1-12(13-5-6-13)23-19-10-17(15(11-22-19)20(27)25-29-3)24-16-8-7-14(21)9-18(16)26(2)30(4)28/h7-11,13H,1,5-6H2,2-4H3,(H,25,27)(H2,22,23,24). The minimum Gasteiger partial charge on any atom is -0.353 e. The third kappa shape index (κ3) is 5.29. The van der Waals surface area contributed by atoms with Gasteiger partial charge in [0.1, 0.15) is 16.8 Å². The van der Waals surface area contributed by atoms with Crippen LogP contribution >= 0.6 is 11.6 Å². The number of hydrogen-bond donors (Lipinski definition) is 3. The monoisotopic (exact) mass is 449 g/mol. The number of pyridine rings is 1. The minimum atomic E-state index is -1.27. The predicted molar refractivity (Wildman–Crippen MR) is 121 cm³/mol. The highest BCUT2D eigenvalue weighted by molar-refractivity contribution is 7.85. The topological polar surface area (TPSA) is 95.6 Å². The Kier molecular flexibility index (Phi) is 6.96. The number of allylic oxidation sites excluding steroid dienone is 1. The first-order chi connectivity index (χ1) is 14.3. The molecule has 0 spiro atoms. The van der Waals surface area contributed by atoms with E-state index in [1.165, 1.54) is 13.3 Å². The number of benzene rings is 1. The van der Waals surface area contributed by atoms with Gasteiger partial charge < -0.3 is 10.6 Å². The van der Waals surface area contributed by atoms with Gasteiger partial charge in [-0.15, -0.1) is 0 Å². The number of anilines is 4. The molecule has 1 heterocycles. The van der Waals surface area contributed by atoms with Gasteiger partial charge >= 0.3 is 0 Å². The van der Waals surface area contributed by atoms with Crippen LogP contribution in [0.4, 0.5) is 22.9 Å². The summed E-state index contributed by atoms with van der Waals surface area (Å²) in [6.45, 7) is 4.05. The van der Waals surface area contributed by atoms with Gasteiger partial charge in [-0.1, -0.05) is 18.2 Å². The van der Waals surface area contributed by atoms with Crippen molar-refractivity contribution in [2.75, 3.05) is 35.4 Å². The van der Waals surface area contributed by atoms with Crippen LogP contribution < -0.4 is 20.4 Å². The third-order valence-corrected chi connectivity index (χ3v) is 5.86. The van der Waals surface area contributed by atoms with Gasteiger partial charge in [-0.3, -0.25) is 13.9 Å². The van der Waals surface area contributed by atoms with E-state index >= 15 is 0 Å². The van der Waals surface area contributed by atoms with Crippen LogP contribution in [0.25, 0.3) is 0 Å². The van der Waals surface area contributed by atoms with Crippen LogP contribution in [0.3, 0.4) is 0 Å². The van der Waals surface area contributed by atoms with Crippen molar-refractivity contribution in [2.24, 2.45) is 5.92 Å². The van der Waals surface area contributed by atoms with E-state index in [1.807, 2.05) is 0 Å². The first-order valence-electron chi connectivity index (χ1n) is 9.23. The molecular weight excluding hydrogens is 426 g/mol. The maximum Gasteiger partial charge on any atom is 0.278 e. The summed E-state index contributed by atoms with van der Waals surface area (Å²) in [7, 11) is 1.79. The molecule has 1 aromatic heterocycles. The molecule has 8 nitrogen and oxygen atoms in total. The van der Waals surface area contributed by atoms with E-state index in [0.717, 1.165) is 18.5 Å². The maximum atomic E-state index is 12.5. The second-order valence-electron chi connectivity index (χ2n) is 6.88. The van der Waals surface area contributed by atoms with E-state index in [4.69, 9.17) is 16.4 Å². The van der Waals surface area contributed by atoms with Crippen LogP contribution in [0.1, 0.15) is 23.2 Å². The number of hydrogen-bond acceptors (Lipinski definition) is 6. The summed E-state index contributed by atoms with van der Waals surface area (Å²) in [5.41, 5.74) is 5.22. The van der Waals surface area contributed by atoms with E-state index in [1.54, 1.807) is 41.9 Å². The highest BCUT2D eigenvalue weighted by atomic mass is 35.5. The van der Waals surface area contributed by atoms with Crippen molar-refractivity contribution in [2.45, 2.75) is 12.8 Å². The molecule has 1 aliphatic rings. The van der Waals surface area contributed by atoms with Gasteiger partial charge in [0.15, 0.2) is 0 Å². The number of carbonyl (C=O) groups is 1. The fraction of sp³-hybridized carbons (Fsp3) is 0.300. The van der Waals surface area contributed by atoms with E-state index in [0.29, 0.717) is 33.8 Å². The van der Waals surface area contributed by atoms with Gasteiger partial charge in [-0.2, -0.15) is 0 Å². The molecule has 1 unspecified atom stereocenters. The maximum absolute atomic E-state index is 12.5. The fourth-order valence-corrected chi connectivity index (χ4v) is 3.40. The number of rotatable bonds is 9. The molecular formula is C20H24ClN5O3S. The highest BCUT2D eigenvalue weighted by Crippen LogP contribution is 2.37. The molecule has 0 bridgehead atoms. The van der Waals surface area contributed by atoms with Crippen LogP contribution in [-0.2, 0) is 15.8 Å². The quantitative estimate of drug-likeness (QED) is 0.503. The lowest BCUT2D eigenvalue weighted by Gasteiger charge is -2.22. The summed E-state index contributed by atoms with van der Waals surface area (Å²) < 4.78 is 13.6. The number of carbonyl (C=O) groups excluding carboxylic acids is 1. The number of nitrogens with one attached hydrogen (secondary N) is 3. The molecule has 0 aliphatic heterocycles. The van der Waals surface area contributed by atoms with Gasteiger partial charge in [0.2, 0.25) is 0 Å². The zero-order chi connectivity index (χ0) is 21.8. The normalized spacial score (nSPS) is 14.0. The van der Waals surface area contributed by atoms with Gasteiger partial charge in [0.05, 0.1) is 29.7 Å². The lowest BCUT2D eigenvalue weighted by Crippen LogP contribution is -2.23. The number of amides is 1. The lowest BCUT2D eigenvalue weighted by molar-refractivity contribution is 0.0538. The molecule has 3 rings (SSSR count). The zero-order valence-electron chi connectivity index (χ0n) is 17.0. The molecule has 1 amide bonds. The average molecular weight is 450 g/mol. The summed E-state index contributed by atoms with van der Waals surface area (Å²) in [6.07, 6.45) is 5.25. The number of hydroxylamine groups is 1. The molecule has 1 atom stereocenters. The Balaban J connectivity index is 1.99. The van der Waals surface area contributed by atoms with Crippen LogP contribution in [0.5, 0.6) is 0 Å². The molecule has 30 heavy (non-hydrogen) atoms. The van der Waals surface area contributed by atoms with Crippen LogP contribution in [-0.4, -0.2) is 35.5 Å². The van der Waals surface area contributed by atoms with Crippen LogP contribution in [0.15, 0.2) is 42.7 Å². The second kappa shape index (κ2) is 9.46. The Morgan fingerprint density at radius 2 is 2.07 bits per heavy atom. The van der Waals surface area contributed by atoms with Crippen molar-refractivity contribution in [3.8, 4) is 0 Å². The zero-order valence-corrected chi connectivity index (χ0v) is 18.6. The van der Waals surface area contributed by atoms with Crippen molar-refractivity contribution >= 4 is 51.4 Å². The van der Waals surface area contributed by atoms with E-state index in [9.17, 15) is 9.00 Å². The predicted octanol–water partition coefficient (Wildman–Crippen LogP) is 3.84. The molecule has 1 fully saturated rings. The average Bonchev–Trinajstić information content (AvgIpc) is 3.54. The van der Waals surface area contributed by atoms with Gasteiger partial charge in [0, 0.05) is 36.3 Å². The molecule has 0 saturated heterocycles. The lowest BCUT2D eigenvalue weighted by atomic mass is 10.2. The molecule has 160 valence electrons. The molecule has 10 heteroatoms. The van der Waals surface area contributed by atoms with Crippen molar-refractivity contribution in [3.63, 3.8) is 0 Å². The summed E-state index contributed by atoms with van der Waals surface area (Å²) in [5, 5.41) is 6.95. The summed E-state index contributed by atoms with van der Waals surface area (Å²) >= 11 is 6.15. The van der Waals surface area contributed by atoms with E-state index in [-0.39, 0.29) is 5.56 Å². The van der Waals surface area contributed by atoms with Crippen molar-refractivity contribution in [1.29, 1.82) is 0 Å². The molecule has 3 N–H and O–H groups in total. The van der Waals surface area contributed by atoms with Crippen LogP contribution in [0.2, 0.25) is 5.02 Å². The number of nitrogens with zero attached hydrogens (tertiary/aromatic N) is 2. The van der Waals surface area contributed by atoms with Gasteiger partial charge in [-0.25, -0.2) is 14.7 Å². The molecule has 1 aliphatic carbocycles. The Morgan fingerprint density at radius 3 is 2.70 bits per heavy atom. The highest BCUT2D eigenvalue weighted by Gasteiger charge is 2.25. The Labute approximate surface area is 183 Å². The minimum absolute atomic E-state index is 0.278. The number of halogens is 1. The molecule has 1 saturated carbocycles. The summed E-state index contributed by atoms with van der Waals surface area (Å²) in [4.78, 5) is 21.5. The Hall–Kier alpha value is -2.62. The third-order valence-electron chi connectivity index (χ3n) is 4.66. The molecule has 1 aromatic carbocycles. The largest absolute Gasteiger partial charge is 0.353 e. The number of aromatic nitrogens is 1. The summed E-state index contributed by atoms with van der Waals surface area (Å²) in [5.74, 6) is 0.560. The Bertz CT molecular complexity index is 996. The Morgan fingerprint density at radius 1 is 1.33 bits per heavy atom. The van der Waals surface area contributed by atoms with E-state index in [2.05, 4.69) is 27.7 Å². The molecule has 2 aromatic rings. The van der Waals surface area contributed by atoms with Gasteiger partial charge in [-0.05, 0) is 37.0 Å². The SMILES string of the molecule is C=C(Nc1cc(Nc2ccc(Cl)cc2N(C)S(C)=O)c(C(=O)NOC)cn1)C1CC1.